The smallest absolute Gasteiger partial charge is 0.290 e. The molecule has 2 aromatic carbocycles. The average molecular weight is 435 g/mol. The topological polar surface area (TPSA) is 79.7 Å². The number of aliphatic hydroxyl groups excluding tert-OH is 1. The van der Waals surface area contributed by atoms with E-state index in [0.717, 1.165) is 16.1 Å². The molecule has 1 unspecified atom stereocenters. The average Bonchev–Trinajstić information content (AvgIpc) is 3.24. The van der Waals surface area contributed by atoms with E-state index < -0.39 is 17.7 Å². The summed E-state index contributed by atoms with van der Waals surface area (Å²) < 4.78 is 5.29. The van der Waals surface area contributed by atoms with Crippen molar-refractivity contribution in [2.24, 2.45) is 0 Å². The van der Waals surface area contributed by atoms with Gasteiger partial charge in [0.2, 0.25) is 5.78 Å². The fourth-order valence-corrected chi connectivity index (χ4v) is 4.74. The monoisotopic (exact) mass is 434 g/mol. The first-order chi connectivity index (χ1) is 14.9. The van der Waals surface area contributed by atoms with Gasteiger partial charge in [0.25, 0.3) is 5.91 Å². The number of benzene rings is 2. The molecule has 1 N–H and O–H groups in total. The third kappa shape index (κ3) is 3.84. The molecule has 6 nitrogen and oxygen atoms in total. The SMILES string of the molecule is COc1cccc(CN2C(=O)C(O)=C(C(=O)c3sc(C)nc3C)C2c2ccccc2)c1. The van der Waals surface area contributed by atoms with E-state index in [0.29, 0.717) is 16.3 Å². The summed E-state index contributed by atoms with van der Waals surface area (Å²) in [5.74, 6) is -0.772. The lowest BCUT2D eigenvalue weighted by molar-refractivity contribution is -0.130. The van der Waals surface area contributed by atoms with Crippen LogP contribution in [0.3, 0.4) is 0 Å². The van der Waals surface area contributed by atoms with Crippen LogP contribution in [0.2, 0.25) is 0 Å². The van der Waals surface area contributed by atoms with Crippen molar-refractivity contribution in [2.75, 3.05) is 7.11 Å². The maximum absolute atomic E-state index is 13.5. The van der Waals surface area contributed by atoms with Crippen LogP contribution in [-0.2, 0) is 11.3 Å². The van der Waals surface area contributed by atoms with Crippen LogP contribution in [0.15, 0.2) is 65.9 Å². The van der Waals surface area contributed by atoms with E-state index >= 15 is 0 Å². The molecule has 4 rings (SSSR count). The maximum Gasteiger partial charge on any atom is 0.290 e. The van der Waals surface area contributed by atoms with Crippen molar-refractivity contribution >= 4 is 23.0 Å². The van der Waals surface area contributed by atoms with E-state index in [4.69, 9.17) is 4.74 Å². The molecule has 1 aliphatic heterocycles. The zero-order valence-corrected chi connectivity index (χ0v) is 18.3. The van der Waals surface area contributed by atoms with Crippen molar-refractivity contribution in [1.29, 1.82) is 0 Å². The number of carbonyl (C=O) groups excluding carboxylic acids is 2. The number of ketones is 1. The minimum Gasteiger partial charge on any atom is -0.503 e. The molecule has 0 bridgehead atoms. The second-order valence-corrected chi connectivity index (χ2v) is 8.54. The van der Waals surface area contributed by atoms with Gasteiger partial charge in [-0.2, -0.15) is 0 Å². The van der Waals surface area contributed by atoms with Gasteiger partial charge in [-0.15, -0.1) is 11.3 Å². The fraction of sp³-hybridized carbons (Fsp3) is 0.208. The Hall–Kier alpha value is -3.45. The predicted molar refractivity (Wildman–Crippen MR) is 118 cm³/mol. The number of hydrogen-bond acceptors (Lipinski definition) is 6. The molecule has 0 radical (unpaired) electrons. The quantitative estimate of drug-likeness (QED) is 0.576. The van der Waals surface area contributed by atoms with Crippen LogP contribution in [0, 0.1) is 13.8 Å². The number of methoxy groups -OCH3 is 1. The summed E-state index contributed by atoms with van der Waals surface area (Å²) in [7, 11) is 1.58. The largest absolute Gasteiger partial charge is 0.503 e. The summed E-state index contributed by atoms with van der Waals surface area (Å²) in [5, 5.41) is 11.6. The number of rotatable bonds is 6. The van der Waals surface area contributed by atoms with Gasteiger partial charge < -0.3 is 14.7 Å². The molecule has 1 aromatic heterocycles. The van der Waals surface area contributed by atoms with Gasteiger partial charge in [0.15, 0.2) is 5.76 Å². The maximum atomic E-state index is 13.5. The van der Waals surface area contributed by atoms with Gasteiger partial charge in [0.1, 0.15) is 5.75 Å². The lowest BCUT2D eigenvalue weighted by Gasteiger charge is -2.27. The van der Waals surface area contributed by atoms with Gasteiger partial charge in [0.05, 0.1) is 34.3 Å². The molecule has 0 aliphatic carbocycles. The standard InChI is InChI=1S/C24H22N2O4S/c1-14-23(31-15(2)25-14)21(27)19-20(17-9-5-4-6-10-17)26(24(29)22(19)28)13-16-8-7-11-18(12-16)30-3/h4-12,20,28H,13H2,1-3H3. The Labute approximate surface area is 184 Å². The molecule has 1 amide bonds. The van der Waals surface area contributed by atoms with Crippen molar-refractivity contribution in [2.45, 2.75) is 26.4 Å². The second-order valence-electron chi connectivity index (χ2n) is 7.34. The van der Waals surface area contributed by atoms with Crippen LogP contribution in [0.25, 0.3) is 0 Å². The van der Waals surface area contributed by atoms with E-state index in [1.165, 1.54) is 16.2 Å². The highest BCUT2D eigenvalue weighted by molar-refractivity contribution is 7.14. The number of hydrogen-bond donors (Lipinski definition) is 1. The molecule has 158 valence electrons. The predicted octanol–water partition coefficient (Wildman–Crippen LogP) is 4.55. The molecule has 0 fully saturated rings. The Bertz CT molecular complexity index is 1180. The van der Waals surface area contributed by atoms with Crippen molar-refractivity contribution in [3.05, 3.63) is 92.6 Å². The minimum atomic E-state index is -0.700. The highest BCUT2D eigenvalue weighted by atomic mass is 32.1. The van der Waals surface area contributed by atoms with Gasteiger partial charge in [-0.25, -0.2) is 4.98 Å². The summed E-state index contributed by atoms with van der Waals surface area (Å²) in [6.07, 6.45) is 0. The van der Waals surface area contributed by atoms with Crippen molar-refractivity contribution in [3.8, 4) is 5.75 Å². The first-order valence-corrected chi connectivity index (χ1v) is 10.6. The summed E-state index contributed by atoms with van der Waals surface area (Å²) in [4.78, 5) is 32.9. The summed E-state index contributed by atoms with van der Waals surface area (Å²) in [6, 6.07) is 16.0. The number of aryl methyl sites for hydroxylation is 2. The molecule has 0 spiro atoms. The van der Waals surface area contributed by atoms with Crippen LogP contribution in [0.4, 0.5) is 0 Å². The third-order valence-electron chi connectivity index (χ3n) is 5.26. The number of carbonyl (C=O) groups is 2. The zero-order chi connectivity index (χ0) is 22.1. The van der Waals surface area contributed by atoms with Gasteiger partial charge in [-0.3, -0.25) is 9.59 Å². The number of amides is 1. The number of ether oxygens (including phenoxy) is 1. The molecular weight excluding hydrogens is 412 g/mol. The number of Topliss-reactive ketones (excluding diaryl/α,β-unsaturated/α-hetero) is 1. The molecule has 31 heavy (non-hydrogen) atoms. The second kappa shape index (κ2) is 8.35. The Balaban J connectivity index is 1.79. The van der Waals surface area contributed by atoms with Gasteiger partial charge in [-0.05, 0) is 37.1 Å². The van der Waals surface area contributed by atoms with Crippen LogP contribution in [-0.4, -0.2) is 33.8 Å². The van der Waals surface area contributed by atoms with Gasteiger partial charge >= 0.3 is 0 Å². The Morgan fingerprint density at radius 3 is 2.55 bits per heavy atom. The highest BCUT2D eigenvalue weighted by Gasteiger charge is 2.44. The molecule has 0 saturated heterocycles. The zero-order valence-electron chi connectivity index (χ0n) is 17.5. The third-order valence-corrected chi connectivity index (χ3v) is 6.33. The van der Waals surface area contributed by atoms with E-state index in [2.05, 4.69) is 4.98 Å². The van der Waals surface area contributed by atoms with Crippen LogP contribution in [0.5, 0.6) is 5.75 Å². The van der Waals surface area contributed by atoms with E-state index in [1.54, 1.807) is 14.0 Å². The molecule has 3 aromatic rings. The number of aliphatic hydroxyl groups is 1. The van der Waals surface area contributed by atoms with Crippen LogP contribution < -0.4 is 4.74 Å². The summed E-state index contributed by atoms with van der Waals surface area (Å²) in [5.41, 5.74) is 2.27. The van der Waals surface area contributed by atoms with Gasteiger partial charge in [0, 0.05) is 6.54 Å². The highest BCUT2D eigenvalue weighted by Crippen LogP contribution is 2.41. The molecule has 1 atom stereocenters. The Morgan fingerprint density at radius 2 is 1.90 bits per heavy atom. The Morgan fingerprint density at radius 1 is 1.16 bits per heavy atom. The first kappa shape index (κ1) is 20.8. The lowest BCUT2D eigenvalue weighted by atomic mass is 9.95. The normalized spacial score (nSPS) is 16.2. The van der Waals surface area contributed by atoms with Crippen molar-refractivity contribution in [1.82, 2.24) is 9.88 Å². The van der Waals surface area contributed by atoms with E-state index in [-0.39, 0.29) is 17.9 Å². The molecule has 2 heterocycles. The minimum absolute atomic E-state index is 0.0887. The molecule has 0 saturated carbocycles. The summed E-state index contributed by atoms with van der Waals surface area (Å²) in [6.45, 7) is 3.81. The number of aromatic nitrogens is 1. The van der Waals surface area contributed by atoms with Gasteiger partial charge in [-0.1, -0.05) is 42.5 Å². The summed E-state index contributed by atoms with van der Waals surface area (Å²) >= 11 is 1.27. The first-order valence-electron chi connectivity index (χ1n) is 9.81. The van der Waals surface area contributed by atoms with Crippen LogP contribution >= 0.6 is 11.3 Å². The molecule has 7 heteroatoms. The van der Waals surface area contributed by atoms with Crippen LogP contribution in [0.1, 0.15) is 37.5 Å². The van der Waals surface area contributed by atoms with Crippen molar-refractivity contribution < 1.29 is 19.4 Å². The molecule has 1 aliphatic rings. The fourth-order valence-electron chi connectivity index (χ4n) is 3.86. The number of nitrogens with zero attached hydrogens (tertiary/aromatic N) is 2. The molecular formula is C24H22N2O4S. The number of thiazole rings is 1. The van der Waals surface area contributed by atoms with Crippen molar-refractivity contribution in [3.63, 3.8) is 0 Å². The van der Waals surface area contributed by atoms with E-state index in [1.807, 2.05) is 61.5 Å². The Kier molecular flexibility index (Phi) is 5.61. The lowest BCUT2D eigenvalue weighted by Crippen LogP contribution is -2.30. The van der Waals surface area contributed by atoms with E-state index in [9.17, 15) is 14.7 Å².